The average Bonchev–Trinajstić information content (AvgIpc) is 2.83. The van der Waals surface area contributed by atoms with Gasteiger partial charge in [0.1, 0.15) is 6.04 Å². The van der Waals surface area contributed by atoms with Crippen molar-refractivity contribution in [1.82, 2.24) is 10.6 Å². The molecule has 5 nitrogen and oxygen atoms in total. The van der Waals surface area contributed by atoms with E-state index < -0.39 is 23.5 Å². The largest absolute Gasteiger partial charge is 0.480 e. The summed E-state index contributed by atoms with van der Waals surface area (Å²) in [7, 11) is 0. The van der Waals surface area contributed by atoms with Crippen LogP contribution in [0, 0.1) is 11.3 Å². The van der Waals surface area contributed by atoms with Crippen LogP contribution < -0.4 is 10.6 Å². The Morgan fingerprint density at radius 3 is 2.35 bits per heavy atom. The van der Waals surface area contributed by atoms with E-state index in [1.807, 2.05) is 0 Å². The molecule has 0 radical (unpaired) electrons. The predicted molar refractivity (Wildman–Crippen MR) is 78.6 cm³/mol. The maximum Gasteiger partial charge on any atom is 0.326 e. The lowest BCUT2D eigenvalue weighted by Gasteiger charge is -2.27. The van der Waals surface area contributed by atoms with Crippen LogP contribution in [0.1, 0.15) is 59.3 Å². The van der Waals surface area contributed by atoms with Crippen LogP contribution in [0.2, 0.25) is 0 Å². The molecular formula is C15H28N2O3. The van der Waals surface area contributed by atoms with Gasteiger partial charge in [0, 0.05) is 6.54 Å². The van der Waals surface area contributed by atoms with Crippen molar-refractivity contribution in [2.75, 3.05) is 6.54 Å². The minimum Gasteiger partial charge on any atom is -0.480 e. The van der Waals surface area contributed by atoms with Gasteiger partial charge in [-0.2, -0.15) is 0 Å². The van der Waals surface area contributed by atoms with E-state index >= 15 is 0 Å². The standard InChI is InChI=1S/C15H28N2O3/c1-15(2,3)12(13(18)19)17-14(20)16-10-6-9-11-7-4-5-8-11/h11-12H,4-10H2,1-3H3,(H,18,19)(H2,16,17,20)/t12-/m0/s1. The Morgan fingerprint density at radius 2 is 1.85 bits per heavy atom. The van der Waals surface area contributed by atoms with Crippen molar-refractivity contribution in [2.24, 2.45) is 11.3 Å². The summed E-state index contributed by atoms with van der Waals surface area (Å²) in [6.45, 7) is 6.00. The summed E-state index contributed by atoms with van der Waals surface area (Å²) in [5.74, 6) is -0.181. The summed E-state index contributed by atoms with van der Waals surface area (Å²) >= 11 is 0. The third-order valence-electron chi connectivity index (χ3n) is 3.94. The number of rotatable bonds is 6. The van der Waals surface area contributed by atoms with Crippen LogP contribution in [0.5, 0.6) is 0 Å². The molecule has 1 saturated carbocycles. The fraction of sp³-hybridized carbons (Fsp3) is 0.867. The van der Waals surface area contributed by atoms with Crippen molar-refractivity contribution in [3.63, 3.8) is 0 Å². The van der Waals surface area contributed by atoms with E-state index in [-0.39, 0.29) is 0 Å². The number of amides is 2. The maximum atomic E-state index is 11.7. The Balaban J connectivity index is 2.22. The number of aliphatic carboxylic acids is 1. The van der Waals surface area contributed by atoms with Crippen molar-refractivity contribution < 1.29 is 14.7 Å². The van der Waals surface area contributed by atoms with Gasteiger partial charge in [0.25, 0.3) is 0 Å². The molecular weight excluding hydrogens is 256 g/mol. The Hall–Kier alpha value is -1.26. The first-order valence-electron chi connectivity index (χ1n) is 7.58. The van der Waals surface area contributed by atoms with Gasteiger partial charge in [0.2, 0.25) is 0 Å². The van der Waals surface area contributed by atoms with Gasteiger partial charge in [-0.3, -0.25) is 0 Å². The molecule has 3 N–H and O–H groups in total. The van der Waals surface area contributed by atoms with Crippen molar-refractivity contribution in [2.45, 2.75) is 65.3 Å². The quantitative estimate of drug-likeness (QED) is 0.656. The molecule has 0 unspecified atom stereocenters. The zero-order valence-electron chi connectivity index (χ0n) is 12.9. The third kappa shape index (κ3) is 5.80. The maximum absolute atomic E-state index is 11.7. The Labute approximate surface area is 121 Å². The van der Waals surface area contributed by atoms with Crippen molar-refractivity contribution in [1.29, 1.82) is 0 Å². The molecule has 2 amide bonds. The van der Waals surface area contributed by atoms with Gasteiger partial charge in [0.05, 0.1) is 0 Å². The number of hydrogen-bond acceptors (Lipinski definition) is 2. The van der Waals surface area contributed by atoms with Crippen molar-refractivity contribution >= 4 is 12.0 Å². The highest BCUT2D eigenvalue weighted by molar-refractivity contribution is 5.83. The highest BCUT2D eigenvalue weighted by Gasteiger charge is 2.32. The molecule has 1 rings (SSSR count). The summed E-state index contributed by atoms with van der Waals surface area (Å²) in [5.41, 5.74) is -0.507. The van der Waals surface area contributed by atoms with Crippen LogP contribution in [0.4, 0.5) is 4.79 Å². The van der Waals surface area contributed by atoms with E-state index in [4.69, 9.17) is 5.11 Å². The van der Waals surface area contributed by atoms with Gasteiger partial charge in [0.15, 0.2) is 0 Å². The summed E-state index contributed by atoms with van der Waals surface area (Å²) < 4.78 is 0. The Morgan fingerprint density at radius 1 is 1.25 bits per heavy atom. The summed E-state index contributed by atoms with van der Waals surface area (Å²) in [4.78, 5) is 22.9. The van der Waals surface area contributed by atoms with Gasteiger partial charge >= 0.3 is 12.0 Å². The number of carbonyl (C=O) groups excluding carboxylic acids is 1. The van der Waals surface area contributed by atoms with E-state index in [9.17, 15) is 9.59 Å². The summed E-state index contributed by atoms with van der Waals surface area (Å²) in [6, 6.07) is -1.27. The molecule has 0 bridgehead atoms. The third-order valence-corrected chi connectivity index (χ3v) is 3.94. The highest BCUT2D eigenvalue weighted by atomic mass is 16.4. The second-order valence-corrected chi connectivity index (χ2v) is 6.83. The number of hydrogen-bond donors (Lipinski definition) is 3. The molecule has 0 heterocycles. The lowest BCUT2D eigenvalue weighted by atomic mass is 9.87. The SMILES string of the molecule is CC(C)(C)[C@@H](NC(=O)NCCCC1CCCC1)C(=O)O. The minimum atomic E-state index is -1.00. The van der Waals surface area contributed by atoms with Crippen LogP contribution in [-0.4, -0.2) is 29.7 Å². The average molecular weight is 284 g/mol. The van der Waals surface area contributed by atoms with Crippen LogP contribution in [0.15, 0.2) is 0 Å². The fourth-order valence-corrected chi connectivity index (χ4v) is 2.72. The van der Waals surface area contributed by atoms with E-state index in [0.717, 1.165) is 18.8 Å². The topological polar surface area (TPSA) is 78.4 Å². The Bertz CT molecular complexity index is 331. The first-order chi connectivity index (χ1) is 9.30. The molecule has 1 atom stereocenters. The normalized spacial score (nSPS) is 17.8. The predicted octanol–water partition coefficient (Wildman–Crippen LogP) is 2.76. The van der Waals surface area contributed by atoms with E-state index in [1.165, 1.54) is 25.7 Å². The Kier molecular flexibility index (Phi) is 6.30. The molecule has 1 aliphatic carbocycles. The van der Waals surface area contributed by atoms with Gasteiger partial charge < -0.3 is 15.7 Å². The van der Waals surface area contributed by atoms with Gasteiger partial charge in [-0.05, 0) is 24.2 Å². The molecule has 1 aliphatic rings. The highest BCUT2D eigenvalue weighted by Crippen LogP contribution is 2.28. The molecule has 0 aromatic heterocycles. The number of urea groups is 1. The molecule has 116 valence electrons. The number of nitrogens with one attached hydrogen (secondary N) is 2. The second-order valence-electron chi connectivity index (χ2n) is 6.83. The second kappa shape index (κ2) is 7.50. The van der Waals surface area contributed by atoms with Crippen LogP contribution in [0.25, 0.3) is 0 Å². The van der Waals surface area contributed by atoms with E-state index in [0.29, 0.717) is 6.54 Å². The van der Waals surface area contributed by atoms with Crippen LogP contribution in [0.3, 0.4) is 0 Å². The molecule has 5 heteroatoms. The summed E-state index contributed by atoms with van der Waals surface area (Å²) in [6.07, 6.45) is 7.43. The van der Waals surface area contributed by atoms with Gasteiger partial charge in [-0.15, -0.1) is 0 Å². The molecule has 1 fully saturated rings. The monoisotopic (exact) mass is 284 g/mol. The molecule has 0 aromatic carbocycles. The minimum absolute atomic E-state index is 0.390. The molecule has 0 spiro atoms. The zero-order valence-corrected chi connectivity index (χ0v) is 12.9. The molecule has 0 saturated heterocycles. The fourth-order valence-electron chi connectivity index (χ4n) is 2.72. The van der Waals surface area contributed by atoms with Gasteiger partial charge in [-0.1, -0.05) is 46.5 Å². The van der Waals surface area contributed by atoms with E-state index in [1.54, 1.807) is 20.8 Å². The first kappa shape index (κ1) is 16.8. The number of carbonyl (C=O) groups is 2. The number of carboxylic acid groups (broad SMARTS) is 1. The van der Waals surface area contributed by atoms with Crippen molar-refractivity contribution in [3.05, 3.63) is 0 Å². The van der Waals surface area contributed by atoms with Gasteiger partial charge in [-0.25, -0.2) is 9.59 Å². The van der Waals surface area contributed by atoms with E-state index in [2.05, 4.69) is 10.6 Å². The lowest BCUT2D eigenvalue weighted by molar-refractivity contribution is -0.141. The van der Waals surface area contributed by atoms with Crippen LogP contribution >= 0.6 is 0 Å². The zero-order chi connectivity index (χ0) is 15.2. The first-order valence-corrected chi connectivity index (χ1v) is 7.58. The van der Waals surface area contributed by atoms with Crippen molar-refractivity contribution in [3.8, 4) is 0 Å². The smallest absolute Gasteiger partial charge is 0.326 e. The lowest BCUT2D eigenvalue weighted by Crippen LogP contribution is -2.52. The summed E-state index contributed by atoms with van der Waals surface area (Å²) in [5, 5.41) is 14.4. The molecule has 0 aliphatic heterocycles. The number of carboxylic acids is 1. The molecule has 20 heavy (non-hydrogen) atoms. The molecule has 0 aromatic rings. The van der Waals surface area contributed by atoms with Crippen LogP contribution in [-0.2, 0) is 4.79 Å².